The molecule has 0 bridgehead atoms. The Morgan fingerprint density at radius 1 is 1.37 bits per heavy atom. The first-order chi connectivity index (χ1) is 9.30. The van der Waals surface area contributed by atoms with E-state index in [2.05, 4.69) is 27.9 Å². The molecular weight excluding hydrogens is 256 g/mol. The zero-order valence-electron chi connectivity index (χ0n) is 10.7. The maximum absolute atomic E-state index is 10.9. The molecule has 3 nitrogen and oxygen atoms in total. The van der Waals surface area contributed by atoms with Crippen LogP contribution in [0.15, 0.2) is 35.8 Å². The minimum atomic E-state index is 0.708. The van der Waals surface area contributed by atoms with E-state index >= 15 is 0 Å². The summed E-state index contributed by atoms with van der Waals surface area (Å²) >= 11 is 1.70. The van der Waals surface area contributed by atoms with Gasteiger partial charge in [-0.25, -0.2) is 4.98 Å². The van der Waals surface area contributed by atoms with Crippen LogP contribution < -0.4 is 0 Å². The molecule has 96 valence electrons. The number of carbonyl (C=O) groups is 1. The second-order valence-electron chi connectivity index (χ2n) is 4.47. The van der Waals surface area contributed by atoms with Crippen molar-refractivity contribution in [3.05, 3.63) is 52.1 Å². The lowest BCUT2D eigenvalue weighted by Gasteiger charge is -2.03. The van der Waals surface area contributed by atoms with E-state index in [9.17, 15) is 4.79 Å². The van der Waals surface area contributed by atoms with Crippen molar-refractivity contribution in [2.45, 2.75) is 19.9 Å². The molecule has 0 spiro atoms. The molecule has 1 aromatic carbocycles. The van der Waals surface area contributed by atoms with Crippen molar-refractivity contribution < 1.29 is 4.79 Å². The number of fused-ring (bicyclic) bond motifs is 1. The number of hydrogen-bond donors (Lipinski definition) is 0. The number of benzene rings is 1. The fourth-order valence-corrected chi connectivity index (χ4v) is 2.91. The standard InChI is InChI=1S/C15H14N2OS/c1-2-15-16-13(10-19-15)8-17-6-5-12-4-3-11(9-18)7-14(12)17/h3-7,9-10H,2,8H2,1H3. The van der Waals surface area contributed by atoms with Crippen molar-refractivity contribution in [1.82, 2.24) is 9.55 Å². The van der Waals surface area contributed by atoms with E-state index in [1.54, 1.807) is 11.3 Å². The molecule has 0 aliphatic carbocycles. The minimum Gasteiger partial charge on any atom is -0.341 e. The summed E-state index contributed by atoms with van der Waals surface area (Å²) in [4.78, 5) is 15.4. The van der Waals surface area contributed by atoms with E-state index in [1.165, 1.54) is 5.01 Å². The van der Waals surface area contributed by atoms with Gasteiger partial charge in [-0.2, -0.15) is 0 Å². The van der Waals surface area contributed by atoms with Gasteiger partial charge in [0, 0.05) is 22.7 Å². The average Bonchev–Trinajstić information content (AvgIpc) is 3.06. The lowest BCUT2D eigenvalue weighted by atomic mass is 10.2. The highest BCUT2D eigenvalue weighted by atomic mass is 32.1. The first-order valence-corrected chi connectivity index (χ1v) is 7.15. The SMILES string of the molecule is CCc1nc(Cn2ccc3ccc(C=O)cc32)cs1. The lowest BCUT2D eigenvalue weighted by molar-refractivity contribution is 0.112. The van der Waals surface area contributed by atoms with Gasteiger partial charge >= 0.3 is 0 Å². The van der Waals surface area contributed by atoms with Crippen LogP contribution in [0.5, 0.6) is 0 Å². The Balaban J connectivity index is 1.97. The van der Waals surface area contributed by atoms with Crippen LogP contribution in [0.4, 0.5) is 0 Å². The Morgan fingerprint density at radius 3 is 3.00 bits per heavy atom. The Bertz CT molecular complexity index is 727. The molecule has 3 aromatic rings. The first kappa shape index (κ1) is 12.1. The van der Waals surface area contributed by atoms with Crippen molar-refractivity contribution in [3.8, 4) is 0 Å². The van der Waals surface area contributed by atoms with Gasteiger partial charge in [0.15, 0.2) is 0 Å². The highest BCUT2D eigenvalue weighted by Gasteiger charge is 2.05. The van der Waals surface area contributed by atoms with Crippen LogP contribution in [0, 0.1) is 0 Å². The van der Waals surface area contributed by atoms with Crippen LogP contribution in [0.25, 0.3) is 10.9 Å². The van der Waals surface area contributed by atoms with E-state index in [4.69, 9.17) is 0 Å². The molecule has 0 atom stereocenters. The highest BCUT2D eigenvalue weighted by molar-refractivity contribution is 7.09. The van der Waals surface area contributed by atoms with Crippen LogP contribution in [0.3, 0.4) is 0 Å². The maximum Gasteiger partial charge on any atom is 0.150 e. The summed E-state index contributed by atoms with van der Waals surface area (Å²) in [6, 6.07) is 7.82. The lowest BCUT2D eigenvalue weighted by Crippen LogP contribution is -1.98. The van der Waals surface area contributed by atoms with Crippen molar-refractivity contribution in [2.75, 3.05) is 0 Å². The van der Waals surface area contributed by atoms with E-state index in [-0.39, 0.29) is 0 Å². The Morgan fingerprint density at radius 2 is 2.26 bits per heavy atom. The summed E-state index contributed by atoms with van der Waals surface area (Å²) in [5, 5.41) is 4.42. The summed E-state index contributed by atoms with van der Waals surface area (Å²) < 4.78 is 2.14. The molecule has 3 rings (SSSR count). The Kier molecular flexibility index (Phi) is 3.17. The number of rotatable bonds is 4. The van der Waals surface area contributed by atoms with Gasteiger partial charge in [-0.1, -0.05) is 19.1 Å². The molecule has 0 radical (unpaired) electrons. The molecule has 0 amide bonds. The van der Waals surface area contributed by atoms with Gasteiger partial charge in [-0.3, -0.25) is 4.79 Å². The number of nitrogens with zero attached hydrogens (tertiary/aromatic N) is 2. The highest BCUT2D eigenvalue weighted by Crippen LogP contribution is 2.19. The molecule has 0 saturated heterocycles. The molecule has 0 saturated carbocycles. The van der Waals surface area contributed by atoms with Gasteiger partial charge in [-0.15, -0.1) is 11.3 Å². The topological polar surface area (TPSA) is 34.9 Å². The fraction of sp³-hybridized carbons (Fsp3) is 0.200. The minimum absolute atomic E-state index is 0.708. The van der Waals surface area contributed by atoms with Crippen LogP contribution in [-0.2, 0) is 13.0 Å². The molecule has 2 aromatic heterocycles. The number of aldehydes is 1. The average molecular weight is 270 g/mol. The fourth-order valence-electron chi connectivity index (χ4n) is 2.17. The van der Waals surface area contributed by atoms with Crippen molar-refractivity contribution in [3.63, 3.8) is 0 Å². The third-order valence-electron chi connectivity index (χ3n) is 3.17. The van der Waals surface area contributed by atoms with Crippen LogP contribution >= 0.6 is 11.3 Å². The zero-order valence-corrected chi connectivity index (χ0v) is 11.5. The third-order valence-corrected chi connectivity index (χ3v) is 4.21. The summed E-state index contributed by atoms with van der Waals surface area (Å²) in [5.41, 5.74) is 2.87. The van der Waals surface area contributed by atoms with Crippen molar-refractivity contribution in [1.29, 1.82) is 0 Å². The number of aromatic nitrogens is 2. The normalized spacial score (nSPS) is 11.0. The predicted octanol–water partition coefficient (Wildman–Crippen LogP) is 3.52. The summed E-state index contributed by atoms with van der Waals surface area (Å²) in [5.74, 6) is 0. The second-order valence-corrected chi connectivity index (χ2v) is 5.41. The zero-order chi connectivity index (χ0) is 13.2. The number of thiazole rings is 1. The largest absolute Gasteiger partial charge is 0.341 e. The molecule has 4 heteroatoms. The van der Waals surface area contributed by atoms with Crippen molar-refractivity contribution in [2.24, 2.45) is 0 Å². The number of carbonyl (C=O) groups excluding carboxylic acids is 1. The van der Waals surface area contributed by atoms with E-state index < -0.39 is 0 Å². The smallest absolute Gasteiger partial charge is 0.150 e. The monoisotopic (exact) mass is 270 g/mol. The van der Waals surface area contributed by atoms with Gasteiger partial charge in [0.25, 0.3) is 0 Å². The van der Waals surface area contributed by atoms with Crippen LogP contribution in [0.2, 0.25) is 0 Å². The van der Waals surface area contributed by atoms with Gasteiger partial charge in [0.05, 0.1) is 17.2 Å². The Hall–Kier alpha value is -1.94. The van der Waals surface area contributed by atoms with Crippen LogP contribution in [0.1, 0.15) is 28.0 Å². The molecule has 2 heterocycles. The van der Waals surface area contributed by atoms with Gasteiger partial charge in [0.2, 0.25) is 0 Å². The van der Waals surface area contributed by atoms with Crippen molar-refractivity contribution >= 4 is 28.5 Å². The van der Waals surface area contributed by atoms with Gasteiger partial charge in [0.1, 0.15) is 6.29 Å². The first-order valence-electron chi connectivity index (χ1n) is 6.27. The molecule has 0 aliphatic rings. The summed E-state index contributed by atoms with van der Waals surface area (Å²) in [6.45, 7) is 2.87. The van der Waals surface area contributed by atoms with E-state index in [0.29, 0.717) is 5.56 Å². The number of hydrogen-bond acceptors (Lipinski definition) is 3. The Labute approximate surface area is 115 Å². The van der Waals surface area contributed by atoms with E-state index in [0.717, 1.165) is 35.8 Å². The molecule has 0 fully saturated rings. The molecule has 0 unspecified atom stereocenters. The second kappa shape index (κ2) is 4.97. The number of aryl methyl sites for hydroxylation is 1. The molecule has 0 aliphatic heterocycles. The van der Waals surface area contributed by atoms with Gasteiger partial charge in [-0.05, 0) is 23.9 Å². The third kappa shape index (κ3) is 2.31. The summed E-state index contributed by atoms with van der Waals surface area (Å²) in [7, 11) is 0. The molecule has 19 heavy (non-hydrogen) atoms. The quantitative estimate of drug-likeness (QED) is 0.680. The molecule has 0 N–H and O–H groups in total. The maximum atomic E-state index is 10.9. The van der Waals surface area contributed by atoms with Crippen LogP contribution in [-0.4, -0.2) is 15.8 Å². The van der Waals surface area contributed by atoms with E-state index in [1.807, 2.05) is 24.4 Å². The predicted molar refractivity (Wildman–Crippen MR) is 77.9 cm³/mol. The molecular formula is C15H14N2OS. The summed E-state index contributed by atoms with van der Waals surface area (Å²) in [6.07, 6.45) is 3.91. The van der Waals surface area contributed by atoms with Gasteiger partial charge < -0.3 is 4.57 Å².